The lowest BCUT2D eigenvalue weighted by Crippen LogP contribution is -2.19. The maximum Gasteiger partial charge on any atom is 0.305 e. The first-order valence-electron chi connectivity index (χ1n) is 7.24. The van der Waals surface area contributed by atoms with E-state index in [1.165, 1.54) is 5.69 Å². The molecule has 20 heavy (non-hydrogen) atoms. The van der Waals surface area contributed by atoms with Gasteiger partial charge in [-0.25, -0.2) is 0 Å². The second kappa shape index (κ2) is 9.13. The summed E-state index contributed by atoms with van der Waals surface area (Å²) in [6.07, 6.45) is 2.18. The number of carbonyl (C=O) groups is 1. The fourth-order valence-electron chi connectivity index (χ4n) is 1.98. The van der Waals surface area contributed by atoms with Gasteiger partial charge in [0.15, 0.2) is 0 Å². The minimum absolute atomic E-state index is 0.123. The number of halogens is 1. The number of aromatic nitrogens is 2. The summed E-state index contributed by atoms with van der Waals surface area (Å²) >= 11 is 3.62. The molecule has 0 aliphatic carbocycles. The van der Waals surface area contributed by atoms with E-state index in [0.717, 1.165) is 42.6 Å². The summed E-state index contributed by atoms with van der Waals surface area (Å²) in [5.74, 6) is -0.123. The molecule has 0 bridgehead atoms. The quantitative estimate of drug-likeness (QED) is 0.552. The van der Waals surface area contributed by atoms with Crippen molar-refractivity contribution in [3.63, 3.8) is 0 Å². The number of hydrogen-bond donors (Lipinski definition) is 1. The molecule has 1 aromatic heterocycles. The molecule has 1 rings (SSSR count). The first kappa shape index (κ1) is 17.2. The average molecular weight is 346 g/mol. The van der Waals surface area contributed by atoms with Crippen LogP contribution in [0.1, 0.15) is 45.0 Å². The van der Waals surface area contributed by atoms with Crippen molar-refractivity contribution in [1.82, 2.24) is 15.1 Å². The van der Waals surface area contributed by atoms with Crippen molar-refractivity contribution in [2.75, 3.05) is 13.2 Å². The Balaban J connectivity index is 2.38. The fraction of sp³-hybridized carbons (Fsp3) is 0.714. The van der Waals surface area contributed by atoms with Crippen LogP contribution < -0.4 is 5.32 Å². The standard InChI is InChI=1S/C14H24BrN3O2/c1-4-11-14(15)12(18(5-2)17-11)10-16-9-7-8-13(19)20-6-3/h16H,4-10H2,1-3H3. The third-order valence-corrected chi connectivity index (χ3v) is 3.94. The van der Waals surface area contributed by atoms with Crippen molar-refractivity contribution in [2.24, 2.45) is 0 Å². The van der Waals surface area contributed by atoms with Gasteiger partial charge in [0.05, 0.1) is 22.5 Å². The molecule has 0 spiro atoms. The van der Waals surface area contributed by atoms with Crippen LogP contribution >= 0.6 is 15.9 Å². The zero-order valence-electron chi connectivity index (χ0n) is 12.5. The van der Waals surface area contributed by atoms with Gasteiger partial charge in [-0.3, -0.25) is 9.48 Å². The van der Waals surface area contributed by atoms with Crippen LogP contribution in [0.3, 0.4) is 0 Å². The normalized spacial score (nSPS) is 10.8. The number of esters is 1. The monoisotopic (exact) mass is 345 g/mol. The number of rotatable bonds is 9. The lowest BCUT2D eigenvalue weighted by atomic mass is 10.3. The summed E-state index contributed by atoms with van der Waals surface area (Å²) in [4.78, 5) is 11.2. The Morgan fingerprint density at radius 2 is 2.15 bits per heavy atom. The van der Waals surface area contributed by atoms with E-state index in [0.29, 0.717) is 13.0 Å². The molecule has 0 aliphatic heterocycles. The Morgan fingerprint density at radius 3 is 2.75 bits per heavy atom. The smallest absolute Gasteiger partial charge is 0.305 e. The molecule has 0 saturated carbocycles. The van der Waals surface area contributed by atoms with Crippen LogP contribution in [-0.4, -0.2) is 28.9 Å². The van der Waals surface area contributed by atoms with Crippen LogP contribution in [0.15, 0.2) is 4.47 Å². The Labute approximate surface area is 129 Å². The Bertz CT molecular complexity index is 432. The zero-order valence-corrected chi connectivity index (χ0v) is 14.1. The van der Waals surface area contributed by atoms with Gasteiger partial charge in [0, 0.05) is 19.5 Å². The van der Waals surface area contributed by atoms with Gasteiger partial charge in [0.1, 0.15) is 0 Å². The molecule has 1 N–H and O–H groups in total. The lowest BCUT2D eigenvalue weighted by molar-refractivity contribution is -0.143. The van der Waals surface area contributed by atoms with E-state index in [4.69, 9.17) is 4.74 Å². The molecule has 0 radical (unpaired) electrons. The maximum absolute atomic E-state index is 11.2. The molecule has 0 amide bonds. The van der Waals surface area contributed by atoms with Crippen LogP contribution in [-0.2, 0) is 29.0 Å². The summed E-state index contributed by atoms with van der Waals surface area (Å²) in [6, 6.07) is 0. The van der Waals surface area contributed by atoms with E-state index in [9.17, 15) is 4.79 Å². The number of nitrogens with zero attached hydrogens (tertiary/aromatic N) is 2. The molecule has 0 saturated heterocycles. The van der Waals surface area contributed by atoms with Gasteiger partial charge in [0.2, 0.25) is 0 Å². The van der Waals surface area contributed by atoms with E-state index in [1.807, 2.05) is 11.6 Å². The lowest BCUT2D eigenvalue weighted by Gasteiger charge is -2.07. The number of hydrogen-bond acceptors (Lipinski definition) is 4. The highest BCUT2D eigenvalue weighted by atomic mass is 79.9. The summed E-state index contributed by atoms with van der Waals surface area (Å²) in [5.41, 5.74) is 2.26. The number of carbonyl (C=O) groups excluding carboxylic acids is 1. The molecule has 0 unspecified atom stereocenters. The molecule has 0 fully saturated rings. The van der Waals surface area contributed by atoms with Gasteiger partial charge in [0.25, 0.3) is 0 Å². The molecule has 114 valence electrons. The third-order valence-electron chi connectivity index (χ3n) is 3.03. The second-order valence-electron chi connectivity index (χ2n) is 4.46. The highest BCUT2D eigenvalue weighted by molar-refractivity contribution is 9.10. The molecular formula is C14H24BrN3O2. The Kier molecular flexibility index (Phi) is 7.84. The fourth-order valence-corrected chi connectivity index (χ4v) is 2.69. The van der Waals surface area contributed by atoms with E-state index in [1.54, 1.807) is 0 Å². The molecule has 0 aromatic carbocycles. The van der Waals surface area contributed by atoms with Crippen molar-refractivity contribution in [1.29, 1.82) is 0 Å². The van der Waals surface area contributed by atoms with Gasteiger partial charge in [-0.15, -0.1) is 0 Å². The predicted molar refractivity (Wildman–Crippen MR) is 82.6 cm³/mol. The van der Waals surface area contributed by atoms with E-state index < -0.39 is 0 Å². The molecule has 1 aromatic rings. The topological polar surface area (TPSA) is 56.1 Å². The van der Waals surface area contributed by atoms with Crippen molar-refractivity contribution in [2.45, 2.75) is 53.1 Å². The van der Waals surface area contributed by atoms with Gasteiger partial charge in [-0.1, -0.05) is 6.92 Å². The minimum atomic E-state index is -0.123. The van der Waals surface area contributed by atoms with Crippen molar-refractivity contribution >= 4 is 21.9 Å². The molecule has 0 aliphatic rings. The molecule has 5 nitrogen and oxygen atoms in total. The van der Waals surface area contributed by atoms with E-state index in [-0.39, 0.29) is 5.97 Å². The Morgan fingerprint density at radius 1 is 1.40 bits per heavy atom. The van der Waals surface area contributed by atoms with Gasteiger partial charge in [-0.05, 0) is 49.2 Å². The molecule has 1 heterocycles. The summed E-state index contributed by atoms with van der Waals surface area (Å²) in [7, 11) is 0. The second-order valence-corrected chi connectivity index (χ2v) is 5.26. The van der Waals surface area contributed by atoms with E-state index in [2.05, 4.69) is 40.2 Å². The van der Waals surface area contributed by atoms with E-state index >= 15 is 0 Å². The van der Waals surface area contributed by atoms with Crippen molar-refractivity contribution in [3.05, 3.63) is 15.9 Å². The number of nitrogens with one attached hydrogen (secondary N) is 1. The van der Waals surface area contributed by atoms with Gasteiger partial charge in [-0.2, -0.15) is 5.10 Å². The van der Waals surface area contributed by atoms with Gasteiger partial charge >= 0.3 is 5.97 Å². The molecule has 0 atom stereocenters. The maximum atomic E-state index is 11.2. The first-order valence-corrected chi connectivity index (χ1v) is 8.03. The average Bonchev–Trinajstić information content (AvgIpc) is 2.75. The van der Waals surface area contributed by atoms with Crippen LogP contribution in [0.4, 0.5) is 0 Å². The van der Waals surface area contributed by atoms with Crippen LogP contribution in [0.25, 0.3) is 0 Å². The SMILES string of the molecule is CCOC(=O)CCCNCc1c(Br)c(CC)nn1CC. The van der Waals surface area contributed by atoms with Crippen LogP contribution in [0.5, 0.6) is 0 Å². The third kappa shape index (κ3) is 4.90. The number of aryl methyl sites for hydroxylation is 2. The predicted octanol–water partition coefficient (Wildman–Crippen LogP) is 2.66. The summed E-state index contributed by atoms with van der Waals surface area (Å²) < 4.78 is 8.00. The van der Waals surface area contributed by atoms with Crippen LogP contribution in [0.2, 0.25) is 0 Å². The highest BCUT2D eigenvalue weighted by Gasteiger charge is 2.13. The highest BCUT2D eigenvalue weighted by Crippen LogP contribution is 2.22. The Hall–Kier alpha value is -0.880. The number of ether oxygens (including phenoxy) is 1. The first-order chi connectivity index (χ1) is 9.63. The summed E-state index contributed by atoms with van der Waals surface area (Å²) in [5, 5.41) is 7.91. The summed E-state index contributed by atoms with van der Waals surface area (Å²) in [6.45, 7) is 8.87. The molecular weight excluding hydrogens is 322 g/mol. The van der Waals surface area contributed by atoms with Crippen molar-refractivity contribution in [3.8, 4) is 0 Å². The van der Waals surface area contributed by atoms with Crippen LogP contribution in [0, 0.1) is 0 Å². The zero-order chi connectivity index (χ0) is 15.0. The molecule has 6 heteroatoms. The van der Waals surface area contributed by atoms with Crippen molar-refractivity contribution < 1.29 is 9.53 Å². The van der Waals surface area contributed by atoms with Gasteiger partial charge < -0.3 is 10.1 Å². The minimum Gasteiger partial charge on any atom is -0.466 e. The largest absolute Gasteiger partial charge is 0.466 e.